The van der Waals surface area contributed by atoms with Gasteiger partial charge in [0.25, 0.3) is 0 Å². The summed E-state index contributed by atoms with van der Waals surface area (Å²) in [4.78, 5) is 19.3. The molecule has 5 rings (SSSR count). The van der Waals surface area contributed by atoms with Crippen LogP contribution in [0.2, 0.25) is 0 Å². The summed E-state index contributed by atoms with van der Waals surface area (Å²) in [7, 11) is 3.94. The molecule has 1 aliphatic rings. The summed E-state index contributed by atoms with van der Waals surface area (Å²) >= 11 is 1.59. The van der Waals surface area contributed by atoms with Gasteiger partial charge in [-0.2, -0.15) is 5.10 Å². The molecule has 8 nitrogen and oxygen atoms in total. The van der Waals surface area contributed by atoms with Crippen molar-refractivity contribution in [3.05, 3.63) is 47.3 Å². The number of thiazole rings is 1. The molecule has 0 atom stereocenters. The van der Waals surface area contributed by atoms with Crippen LogP contribution in [0.3, 0.4) is 0 Å². The average Bonchev–Trinajstić information content (AvgIpc) is 3.41. The number of amides is 1. The Bertz CT molecular complexity index is 1260. The molecule has 3 heterocycles. The molecule has 0 bridgehead atoms. The first-order valence-corrected chi connectivity index (χ1v) is 10.7. The van der Waals surface area contributed by atoms with Gasteiger partial charge >= 0.3 is 0 Å². The molecule has 4 aromatic rings. The zero-order valence-corrected chi connectivity index (χ0v) is 18.0. The van der Waals surface area contributed by atoms with E-state index in [1.165, 1.54) is 0 Å². The van der Waals surface area contributed by atoms with E-state index in [2.05, 4.69) is 20.5 Å². The van der Waals surface area contributed by atoms with Crippen LogP contribution >= 0.6 is 11.3 Å². The van der Waals surface area contributed by atoms with Gasteiger partial charge in [-0.3, -0.25) is 9.89 Å². The molecule has 1 amide bonds. The number of aromatic nitrogens is 3. The van der Waals surface area contributed by atoms with Crippen molar-refractivity contribution in [2.24, 2.45) is 0 Å². The lowest BCUT2D eigenvalue weighted by Gasteiger charge is -2.18. The molecule has 31 heavy (non-hydrogen) atoms. The standard InChI is InChI=1S/C22H21N5O3S/c1-27(2)22-23-17(12-31-22)14-4-5-16-15(11-14)21(26-25-16)24-20(28)10-13-3-6-18-19(9-13)30-8-7-29-18/h3-6,9,11-12H,7-8,10H2,1-2H3,(H2,24,25,26,28). The van der Waals surface area contributed by atoms with Crippen molar-refractivity contribution < 1.29 is 14.3 Å². The number of benzene rings is 2. The number of H-pyrrole nitrogens is 1. The van der Waals surface area contributed by atoms with E-state index in [0.29, 0.717) is 30.5 Å². The van der Waals surface area contributed by atoms with Crippen molar-refractivity contribution >= 4 is 39.1 Å². The van der Waals surface area contributed by atoms with Crippen LogP contribution in [0.25, 0.3) is 22.2 Å². The molecular weight excluding hydrogens is 414 g/mol. The Morgan fingerprint density at radius 2 is 2.00 bits per heavy atom. The number of ether oxygens (including phenoxy) is 2. The summed E-state index contributed by atoms with van der Waals surface area (Å²) < 4.78 is 11.1. The Morgan fingerprint density at radius 1 is 1.16 bits per heavy atom. The molecule has 1 aliphatic heterocycles. The Kier molecular flexibility index (Phi) is 4.95. The second-order valence-electron chi connectivity index (χ2n) is 7.45. The van der Waals surface area contributed by atoms with Crippen LogP contribution in [0.4, 0.5) is 10.9 Å². The highest BCUT2D eigenvalue weighted by Crippen LogP contribution is 2.32. The van der Waals surface area contributed by atoms with E-state index in [0.717, 1.165) is 32.9 Å². The van der Waals surface area contributed by atoms with Crippen LogP contribution in [0, 0.1) is 0 Å². The van der Waals surface area contributed by atoms with Gasteiger partial charge in [-0.1, -0.05) is 12.1 Å². The highest BCUT2D eigenvalue weighted by Gasteiger charge is 2.15. The molecule has 9 heteroatoms. The molecule has 2 aromatic heterocycles. The van der Waals surface area contributed by atoms with E-state index in [1.807, 2.05) is 60.8 Å². The number of hydrogen-bond acceptors (Lipinski definition) is 7. The molecule has 0 saturated carbocycles. The van der Waals surface area contributed by atoms with Gasteiger partial charge in [-0.25, -0.2) is 4.98 Å². The Balaban J connectivity index is 1.35. The maximum absolute atomic E-state index is 12.7. The molecule has 2 N–H and O–H groups in total. The van der Waals surface area contributed by atoms with E-state index < -0.39 is 0 Å². The molecule has 158 valence electrons. The van der Waals surface area contributed by atoms with Gasteiger partial charge in [0.15, 0.2) is 22.4 Å². The lowest BCUT2D eigenvalue weighted by atomic mass is 10.1. The Morgan fingerprint density at radius 3 is 2.81 bits per heavy atom. The molecule has 0 unspecified atom stereocenters. The lowest BCUT2D eigenvalue weighted by Crippen LogP contribution is -2.17. The van der Waals surface area contributed by atoms with Crippen molar-refractivity contribution in [1.82, 2.24) is 15.2 Å². The van der Waals surface area contributed by atoms with Gasteiger partial charge in [0.05, 0.1) is 17.6 Å². The summed E-state index contributed by atoms with van der Waals surface area (Å²) in [5, 5.41) is 14.0. The lowest BCUT2D eigenvalue weighted by molar-refractivity contribution is -0.115. The number of nitrogens with one attached hydrogen (secondary N) is 2. The summed E-state index contributed by atoms with van der Waals surface area (Å²) in [6.07, 6.45) is 0.211. The highest BCUT2D eigenvalue weighted by molar-refractivity contribution is 7.14. The number of anilines is 2. The predicted molar refractivity (Wildman–Crippen MR) is 121 cm³/mol. The number of aromatic amines is 1. The van der Waals surface area contributed by atoms with Crippen LogP contribution in [-0.4, -0.2) is 48.4 Å². The third-order valence-corrected chi connectivity index (χ3v) is 5.97. The maximum atomic E-state index is 12.7. The number of fused-ring (bicyclic) bond motifs is 2. The van der Waals surface area contributed by atoms with Crippen molar-refractivity contribution in [2.45, 2.75) is 6.42 Å². The summed E-state index contributed by atoms with van der Waals surface area (Å²) in [6, 6.07) is 11.5. The minimum atomic E-state index is -0.154. The van der Waals surface area contributed by atoms with Crippen LogP contribution in [0.1, 0.15) is 5.56 Å². The van der Waals surface area contributed by atoms with E-state index in [4.69, 9.17) is 9.47 Å². The first-order valence-electron chi connectivity index (χ1n) is 9.86. The minimum Gasteiger partial charge on any atom is -0.486 e. The van der Waals surface area contributed by atoms with Gasteiger partial charge in [-0.15, -0.1) is 11.3 Å². The molecule has 0 aliphatic carbocycles. The second-order valence-corrected chi connectivity index (χ2v) is 8.28. The molecule has 0 radical (unpaired) electrons. The minimum absolute atomic E-state index is 0.154. The normalized spacial score (nSPS) is 12.7. The number of carbonyl (C=O) groups is 1. The van der Waals surface area contributed by atoms with Crippen LogP contribution in [-0.2, 0) is 11.2 Å². The van der Waals surface area contributed by atoms with Crippen LogP contribution < -0.4 is 19.7 Å². The van der Waals surface area contributed by atoms with Gasteiger partial charge in [0.1, 0.15) is 13.2 Å². The first kappa shape index (κ1) is 19.4. The van der Waals surface area contributed by atoms with Crippen LogP contribution in [0.5, 0.6) is 11.5 Å². The SMILES string of the molecule is CN(C)c1nc(-c2ccc3[nH]nc(NC(=O)Cc4ccc5c(c4)OCCO5)c3c2)cs1. The Labute approximate surface area is 182 Å². The number of nitrogens with zero attached hydrogens (tertiary/aromatic N) is 3. The highest BCUT2D eigenvalue weighted by atomic mass is 32.1. The maximum Gasteiger partial charge on any atom is 0.230 e. The van der Waals surface area contributed by atoms with Crippen molar-refractivity contribution in [3.63, 3.8) is 0 Å². The van der Waals surface area contributed by atoms with Crippen molar-refractivity contribution in [1.29, 1.82) is 0 Å². The topological polar surface area (TPSA) is 92.4 Å². The number of carbonyl (C=O) groups excluding carboxylic acids is 1. The zero-order valence-electron chi connectivity index (χ0n) is 17.1. The third kappa shape index (κ3) is 3.91. The first-order chi connectivity index (χ1) is 15.1. The molecule has 2 aromatic carbocycles. The molecule has 0 fully saturated rings. The van der Waals surface area contributed by atoms with E-state index in [-0.39, 0.29) is 12.3 Å². The van der Waals surface area contributed by atoms with Gasteiger partial charge < -0.3 is 19.7 Å². The molecule has 0 saturated heterocycles. The van der Waals surface area contributed by atoms with E-state index in [9.17, 15) is 4.79 Å². The third-order valence-electron chi connectivity index (χ3n) is 4.96. The van der Waals surface area contributed by atoms with Gasteiger partial charge in [0.2, 0.25) is 5.91 Å². The van der Waals surface area contributed by atoms with Gasteiger partial charge in [-0.05, 0) is 29.8 Å². The van der Waals surface area contributed by atoms with E-state index in [1.54, 1.807) is 11.3 Å². The monoisotopic (exact) mass is 435 g/mol. The summed E-state index contributed by atoms with van der Waals surface area (Å²) in [6.45, 7) is 1.05. The number of hydrogen-bond donors (Lipinski definition) is 2. The van der Waals surface area contributed by atoms with Crippen molar-refractivity contribution in [2.75, 3.05) is 37.5 Å². The average molecular weight is 436 g/mol. The number of rotatable bonds is 5. The summed E-state index contributed by atoms with van der Waals surface area (Å²) in [5.41, 5.74) is 3.56. The fourth-order valence-electron chi connectivity index (χ4n) is 3.43. The predicted octanol–water partition coefficient (Wildman–Crippen LogP) is 3.70. The largest absolute Gasteiger partial charge is 0.486 e. The zero-order chi connectivity index (χ0) is 21.4. The quantitative estimate of drug-likeness (QED) is 0.497. The fraction of sp³-hybridized carbons (Fsp3) is 0.227. The smallest absolute Gasteiger partial charge is 0.230 e. The van der Waals surface area contributed by atoms with Crippen molar-refractivity contribution in [3.8, 4) is 22.8 Å². The molecular formula is C22H21N5O3S. The molecule has 0 spiro atoms. The second kappa shape index (κ2) is 7.92. The van der Waals surface area contributed by atoms with E-state index >= 15 is 0 Å². The summed E-state index contributed by atoms with van der Waals surface area (Å²) in [5.74, 6) is 1.73. The van der Waals surface area contributed by atoms with Crippen LogP contribution in [0.15, 0.2) is 41.8 Å². The Hall–Kier alpha value is -3.59. The fourth-order valence-corrected chi connectivity index (χ4v) is 4.20. The van der Waals surface area contributed by atoms with Gasteiger partial charge in [0, 0.05) is 30.4 Å².